The summed E-state index contributed by atoms with van der Waals surface area (Å²) in [6.45, 7) is 7.94. The Morgan fingerprint density at radius 1 is 1.13 bits per heavy atom. The number of carbonyl (C=O) groups is 3. The Morgan fingerprint density at radius 2 is 1.87 bits per heavy atom. The normalized spacial score (nSPS) is 38.2. The number of cyclic esters (lactones) is 1. The molecule has 2 saturated heterocycles. The number of rotatable bonds is 3. The lowest BCUT2D eigenvalue weighted by Crippen LogP contribution is -2.59. The molecule has 0 aliphatic carbocycles. The van der Waals surface area contributed by atoms with Crippen LogP contribution in [0.25, 0.3) is 0 Å². The minimum Gasteiger partial charge on any atom is -0.461 e. The van der Waals surface area contributed by atoms with Crippen molar-refractivity contribution >= 4 is 17.8 Å². The molecule has 164 valence electrons. The molecule has 4 heterocycles. The second-order valence-corrected chi connectivity index (χ2v) is 9.43. The highest BCUT2D eigenvalue weighted by Gasteiger charge is 2.75. The molecule has 0 aromatic heterocycles. The molecule has 2 fully saturated rings. The van der Waals surface area contributed by atoms with Crippen molar-refractivity contribution in [3.63, 3.8) is 0 Å². The maximum absolute atomic E-state index is 13.8. The third-order valence-electron chi connectivity index (χ3n) is 6.85. The second kappa shape index (κ2) is 6.92. The topological polar surface area (TPSA) is 96.4 Å². The number of fused-ring (bicyclic) bond motifs is 2. The molecule has 4 rings (SSSR count). The molecule has 0 saturated carbocycles. The maximum Gasteiger partial charge on any atom is 0.313 e. The largest absolute Gasteiger partial charge is 0.461 e. The molecule has 0 radical (unpaired) electrons. The fourth-order valence-electron chi connectivity index (χ4n) is 5.55. The highest BCUT2D eigenvalue weighted by Crippen LogP contribution is 2.58. The van der Waals surface area contributed by atoms with Gasteiger partial charge in [0.25, 0.3) is 0 Å². The molecular formula is C22H30N2O6. The Hall–Kier alpha value is -2.19. The molecule has 1 spiro atoms. The summed E-state index contributed by atoms with van der Waals surface area (Å²) < 4.78 is 12.0. The lowest BCUT2D eigenvalue weighted by molar-refractivity contribution is -0.160. The van der Waals surface area contributed by atoms with Gasteiger partial charge in [-0.15, -0.1) is 0 Å². The van der Waals surface area contributed by atoms with Crippen LogP contribution < -0.4 is 0 Å². The lowest BCUT2D eigenvalue weighted by Gasteiger charge is -2.41. The molecule has 8 nitrogen and oxygen atoms in total. The summed E-state index contributed by atoms with van der Waals surface area (Å²) in [7, 11) is 0. The van der Waals surface area contributed by atoms with Crippen molar-refractivity contribution in [2.24, 2.45) is 11.8 Å². The first-order valence-electron chi connectivity index (χ1n) is 10.6. The van der Waals surface area contributed by atoms with Gasteiger partial charge in [0.1, 0.15) is 29.8 Å². The first-order valence-corrected chi connectivity index (χ1v) is 10.6. The fraction of sp³-hybridized carbons (Fsp3) is 0.682. The van der Waals surface area contributed by atoms with Crippen molar-refractivity contribution in [1.29, 1.82) is 0 Å². The summed E-state index contributed by atoms with van der Waals surface area (Å²) in [6.07, 6.45) is 7.69. The Labute approximate surface area is 176 Å². The van der Waals surface area contributed by atoms with E-state index in [0.717, 1.165) is 0 Å². The van der Waals surface area contributed by atoms with Gasteiger partial charge in [-0.1, -0.05) is 25.2 Å². The molecule has 4 aliphatic heterocycles. The number of likely N-dealkylation sites (tertiary alicyclic amines) is 1. The summed E-state index contributed by atoms with van der Waals surface area (Å²) in [6, 6.07) is -0.948. The number of carbonyl (C=O) groups excluding carboxylic acids is 3. The Morgan fingerprint density at radius 3 is 2.50 bits per heavy atom. The molecule has 1 unspecified atom stereocenters. The van der Waals surface area contributed by atoms with Crippen LogP contribution in [-0.2, 0) is 23.9 Å². The molecule has 2 amide bonds. The first-order chi connectivity index (χ1) is 14.1. The van der Waals surface area contributed by atoms with Crippen molar-refractivity contribution in [2.45, 2.75) is 56.9 Å². The standard InChI is InChI=1S/C22H30N2O6/c1-5-21-8-7-13-29-19(28)15(21)14-17(26)23(11-12-25)16-18(27)24(20(2,3)4)10-6-9-22(14,16)30-21/h6-9,14-16,25H,5,10-13H2,1-4H3/t14-,15-,16?,21+,22-/m0/s1. The van der Waals surface area contributed by atoms with Gasteiger partial charge in [0, 0.05) is 18.6 Å². The fourth-order valence-corrected chi connectivity index (χ4v) is 5.55. The number of hydrogen-bond donors (Lipinski definition) is 1. The minimum atomic E-state index is -1.29. The zero-order valence-electron chi connectivity index (χ0n) is 18.0. The SMILES string of the molecule is CC[C@@]12C=CCOC(=O)[C@@H]1[C@H]1C(=O)N(CCO)C3C(=O)N(C(C)(C)C)CC=C[C@@]31O2. The van der Waals surface area contributed by atoms with Gasteiger partial charge < -0.3 is 24.4 Å². The monoisotopic (exact) mass is 418 g/mol. The van der Waals surface area contributed by atoms with E-state index in [4.69, 9.17) is 9.47 Å². The second-order valence-electron chi connectivity index (χ2n) is 9.43. The summed E-state index contributed by atoms with van der Waals surface area (Å²) >= 11 is 0. The first kappa shape index (κ1) is 21.1. The van der Waals surface area contributed by atoms with Crippen LogP contribution in [0.2, 0.25) is 0 Å². The number of esters is 1. The van der Waals surface area contributed by atoms with E-state index in [9.17, 15) is 19.5 Å². The number of β-amino-alcohol motifs (C(OH)–C–C–N with tert-alkyl or cyclic N) is 1. The third-order valence-corrected chi connectivity index (χ3v) is 6.85. The van der Waals surface area contributed by atoms with E-state index in [1.54, 1.807) is 17.1 Å². The van der Waals surface area contributed by atoms with Crippen LogP contribution in [0.4, 0.5) is 0 Å². The van der Waals surface area contributed by atoms with Gasteiger partial charge in [0.05, 0.1) is 12.5 Å². The van der Waals surface area contributed by atoms with E-state index in [2.05, 4.69) is 0 Å². The van der Waals surface area contributed by atoms with E-state index < -0.39 is 40.6 Å². The van der Waals surface area contributed by atoms with E-state index in [1.165, 1.54) is 4.90 Å². The Balaban J connectivity index is 1.91. The van der Waals surface area contributed by atoms with Crippen LogP contribution >= 0.6 is 0 Å². The molecule has 1 N–H and O–H groups in total. The van der Waals surface area contributed by atoms with Gasteiger partial charge in [-0.25, -0.2) is 0 Å². The Bertz CT molecular complexity index is 830. The number of ether oxygens (including phenoxy) is 2. The van der Waals surface area contributed by atoms with Gasteiger partial charge in [-0.2, -0.15) is 0 Å². The van der Waals surface area contributed by atoms with Crippen LogP contribution in [-0.4, -0.2) is 81.8 Å². The number of amides is 2. The quantitative estimate of drug-likeness (QED) is 0.534. The number of nitrogens with zero attached hydrogens (tertiary/aromatic N) is 2. The third kappa shape index (κ3) is 2.69. The minimum absolute atomic E-state index is 0.000591. The Kier molecular flexibility index (Phi) is 4.86. The molecule has 0 aromatic rings. The molecule has 5 atom stereocenters. The van der Waals surface area contributed by atoms with Gasteiger partial charge in [0.2, 0.25) is 11.8 Å². The molecular weight excluding hydrogens is 388 g/mol. The zero-order chi connectivity index (χ0) is 21.9. The van der Waals surface area contributed by atoms with Gasteiger partial charge in [-0.3, -0.25) is 14.4 Å². The highest BCUT2D eigenvalue weighted by atomic mass is 16.6. The van der Waals surface area contributed by atoms with Crippen molar-refractivity contribution in [3.05, 3.63) is 24.3 Å². The predicted octanol–water partition coefficient (Wildman–Crippen LogP) is 0.650. The number of aliphatic hydroxyl groups is 1. The van der Waals surface area contributed by atoms with Gasteiger partial charge in [-0.05, 0) is 33.3 Å². The van der Waals surface area contributed by atoms with E-state index in [-0.39, 0.29) is 31.6 Å². The van der Waals surface area contributed by atoms with E-state index >= 15 is 0 Å². The van der Waals surface area contributed by atoms with Crippen LogP contribution in [0, 0.1) is 11.8 Å². The summed E-state index contributed by atoms with van der Waals surface area (Å²) in [4.78, 5) is 43.5. The van der Waals surface area contributed by atoms with Gasteiger partial charge >= 0.3 is 5.97 Å². The maximum atomic E-state index is 13.8. The molecule has 8 heteroatoms. The van der Waals surface area contributed by atoms with Crippen LogP contribution in [0.15, 0.2) is 24.3 Å². The van der Waals surface area contributed by atoms with Crippen molar-refractivity contribution in [3.8, 4) is 0 Å². The summed E-state index contributed by atoms with van der Waals surface area (Å²) in [5.41, 5.74) is -2.77. The van der Waals surface area contributed by atoms with Crippen molar-refractivity contribution in [1.82, 2.24) is 9.80 Å². The predicted molar refractivity (Wildman–Crippen MR) is 107 cm³/mol. The average molecular weight is 418 g/mol. The highest BCUT2D eigenvalue weighted by molar-refractivity contribution is 5.99. The molecule has 30 heavy (non-hydrogen) atoms. The summed E-state index contributed by atoms with van der Waals surface area (Å²) in [5.74, 6) is -2.81. The molecule has 0 bridgehead atoms. The van der Waals surface area contributed by atoms with Crippen LogP contribution in [0.3, 0.4) is 0 Å². The molecule has 0 aromatic carbocycles. The molecule has 4 aliphatic rings. The van der Waals surface area contributed by atoms with E-state index in [0.29, 0.717) is 13.0 Å². The van der Waals surface area contributed by atoms with Crippen LogP contribution in [0.5, 0.6) is 0 Å². The van der Waals surface area contributed by atoms with Gasteiger partial charge in [0.15, 0.2) is 0 Å². The van der Waals surface area contributed by atoms with Crippen molar-refractivity contribution < 1.29 is 29.0 Å². The number of aliphatic hydroxyl groups excluding tert-OH is 1. The average Bonchev–Trinajstić information content (AvgIpc) is 2.93. The van der Waals surface area contributed by atoms with Crippen LogP contribution in [0.1, 0.15) is 34.1 Å². The van der Waals surface area contributed by atoms with E-state index in [1.807, 2.05) is 39.8 Å². The zero-order valence-corrected chi connectivity index (χ0v) is 18.0. The smallest absolute Gasteiger partial charge is 0.313 e. The lowest BCUT2D eigenvalue weighted by atomic mass is 9.73. The number of hydrogen-bond acceptors (Lipinski definition) is 6. The summed E-state index contributed by atoms with van der Waals surface area (Å²) in [5, 5.41) is 9.62. The van der Waals surface area contributed by atoms with Crippen molar-refractivity contribution in [2.75, 3.05) is 26.3 Å².